The van der Waals surface area contributed by atoms with E-state index in [-0.39, 0.29) is 11.5 Å². The zero-order valence-electron chi connectivity index (χ0n) is 21.3. The van der Waals surface area contributed by atoms with Gasteiger partial charge in [0.05, 0.1) is 5.56 Å². The van der Waals surface area contributed by atoms with E-state index in [4.69, 9.17) is 0 Å². The molecule has 0 heterocycles. The lowest BCUT2D eigenvalue weighted by molar-refractivity contribution is 0.225. The van der Waals surface area contributed by atoms with Crippen LogP contribution in [0.4, 0.5) is 8.78 Å². The Morgan fingerprint density at radius 1 is 0.771 bits per heavy atom. The number of benzene rings is 2. The second kappa shape index (κ2) is 12.5. The minimum Gasteiger partial charge on any atom is -0.206 e. The third kappa shape index (κ3) is 7.30. The quantitative estimate of drug-likeness (QED) is 0.277. The molecule has 2 aromatic carbocycles. The highest BCUT2D eigenvalue weighted by Gasteiger charge is 2.26. The molecule has 2 fully saturated rings. The van der Waals surface area contributed by atoms with Crippen LogP contribution in [0.5, 0.6) is 0 Å². The molecule has 2 aliphatic rings. The Labute approximate surface area is 211 Å². The monoisotopic (exact) mass is 474 g/mol. The van der Waals surface area contributed by atoms with Gasteiger partial charge in [-0.1, -0.05) is 74.1 Å². The molecule has 2 aliphatic carbocycles. The van der Waals surface area contributed by atoms with Crippen LogP contribution >= 0.6 is 0 Å². The summed E-state index contributed by atoms with van der Waals surface area (Å²) in [6.45, 7) is 5.86. The van der Waals surface area contributed by atoms with Crippen molar-refractivity contribution in [3.63, 3.8) is 0 Å². The van der Waals surface area contributed by atoms with Crippen LogP contribution in [0.3, 0.4) is 0 Å². The van der Waals surface area contributed by atoms with E-state index in [2.05, 4.69) is 24.5 Å². The number of hydrogen-bond donors (Lipinski definition) is 0. The van der Waals surface area contributed by atoms with Crippen LogP contribution in [-0.4, -0.2) is 0 Å². The summed E-state index contributed by atoms with van der Waals surface area (Å²) in [7, 11) is 0. The summed E-state index contributed by atoms with van der Waals surface area (Å²) in [6.07, 6.45) is 17.2. The van der Waals surface area contributed by atoms with Crippen LogP contribution in [-0.2, 0) is 0 Å². The Bertz CT molecular complexity index is 1000. The van der Waals surface area contributed by atoms with Crippen molar-refractivity contribution in [1.29, 1.82) is 0 Å². The van der Waals surface area contributed by atoms with Gasteiger partial charge in [-0.15, -0.1) is 6.58 Å². The van der Waals surface area contributed by atoms with Gasteiger partial charge in [-0.05, 0) is 98.9 Å². The molecule has 0 bridgehead atoms. The van der Waals surface area contributed by atoms with Crippen molar-refractivity contribution in [1.82, 2.24) is 0 Å². The summed E-state index contributed by atoms with van der Waals surface area (Å²) in [4.78, 5) is 0. The number of rotatable bonds is 7. The van der Waals surface area contributed by atoms with Gasteiger partial charge in [0.25, 0.3) is 0 Å². The molecule has 0 unspecified atom stereocenters. The maximum atomic E-state index is 14.8. The van der Waals surface area contributed by atoms with Gasteiger partial charge in [0.15, 0.2) is 0 Å². The summed E-state index contributed by atoms with van der Waals surface area (Å²) in [5, 5.41) is 0. The summed E-state index contributed by atoms with van der Waals surface area (Å²) in [5.41, 5.74) is 2.57. The molecule has 0 aromatic heterocycles. The van der Waals surface area contributed by atoms with Crippen molar-refractivity contribution in [2.75, 3.05) is 0 Å². The largest absolute Gasteiger partial charge is 0.206 e. The van der Waals surface area contributed by atoms with Crippen LogP contribution in [0.25, 0.3) is 0 Å². The summed E-state index contributed by atoms with van der Waals surface area (Å²) in [6, 6.07) is 10.7. The van der Waals surface area contributed by atoms with Gasteiger partial charge in [0.1, 0.15) is 11.6 Å². The fraction of sp³-hybridized carbons (Fsp3) is 0.515. The molecular weight excluding hydrogens is 434 g/mol. The third-order valence-electron chi connectivity index (χ3n) is 8.49. The smallest absolute Gasteiger partial charge is 0.142 e. The first kappa shape index (κ1) is 25.7. The molecule has 0 nitrogen and oxygen atoms in total. The average molecular weight is 475 g/mol. The third-order valence-corrected chi connectivity index (χ3v) is 8.49. The zero-order valence-corrected chi connectivity index (χ0v) is 21.3. The lowest BCUT2D eigenvalue weighted by Crippen LogP contribution is -2.18. The highest BCUT2D eigenvalue weighted by atomic mass is 19.1. The molecule has 0 radical (unpaired) electrons. The van der Waals surface area contributed by atoms with Gasteiger partial charge in [-0.25, -0.2) is 8.78 Å². The standard InChI is InChI=1S/C33H40F2/c1-3-4-5-25-10-12-27(13-11-25)14-15-28-16-19-29(20-17-28)30-22-32(34)31(33(35)23-30)21-18-26-8-6-24(2)7-9-26/h3,6-9,22-23,25,27-29H,1,4-5,10-17,19-20H2,2H3/t25-,27-,28-,29-. The van der Waals surface area contributed by atoms with Crippen LogP contribution in [0.15, 0.2) is 49.1 Å². The van der Waals surface area contributed by atoms with Gasteiger partial charge in [0.2, 0.25) is 0 Å². The van der Waals surface area contributed by atoms with Crippen molar-refractivity contribution < 1.29 is 8.78 Å². The summed E-state index contributed by atoms with van der Waals surface area (Å²) >= 11 is 0. The van der Waals surface area contributed by atoms with Crippen molar-refractivity contribution >= 4 is 0 Å². The van der Waals surface area contributed by atoms with E-state index in [9.17, 15) is 8.78 Å². The Balaban J connectivity index is 1.26. The Kier molecular flexibility index (Phi) is 9.19. The Morgan fingerprint density at radius 2 is 1.29 bits per heavy atom. The fourth-order valence-corrected chi connectivity index (χ4v) is 6.14. The normalized spacial score (nSPS) is 24.4. The topological polar surface area (TPSA) is 0 Å². The molecule has 2 heteroatoms. The second-order valence-electron chi connectivity index (χ2n) is 11.0. The molecule has 0 saturated heterocycles. The molecule has 2 saturated carbocycles. The van der Waals surface area contributed by atoms with E-state index in [1.165, 1.54) is 69.9 Å². The van der Waals surface area contributed by atoms with E-state index in [1.807, 2.05) is 31.2 Å². The Hall–Kier alpha value is -2.40. The molecule has 0 N–H and O–H groups in total. The second-order valence-corrected chi connectivity index (χ2v) is 11.0. The minimum absolute atomic E-state index is 0.123. The maximum absolute atomic E-state index is 14.8. The van der Waals surface area contributed by atoms with Crippen LogP contribution < -0.4 is 0 Å². The summed E-state index contributed by atoms with van der Waals surface area (Å²) in [5.74, 6) is 7.39. The zero-order chi connectivity index (χ0) is 24.6. The molecule has 186 valence electrons. The van der Waals surface area contributed by atoms with Crippen molar-refractivity contribution in [3.05, 3.63) is 82.9 Å². The Morgan fingerprint density at radius 3 is 1.83 bits per heavy atom. The van der Waals surface area contributed by atoms with Crippen molar-refractivity contribution in [2.45, 2.75) is 89.9 Å². The van der Waals surface area contributed by atoms with Crippen LogP contribution in [0.1, 0.15) is 105 Å². The number of hydrogen-bond acceptors (Lipinski definition) is 0. The first-order valence-electron chi connectivity index (χ1n) is 13.7. The van der Waals surface area contributed by atoms with Crippen molar-refractivity contribution in [3.8, 4) is 11.8 Å². The van der Waals surface area contributed by atoms with E-state index in [0.29, 0.717) is 0 Å². The summed E-state index contributed by atoms with van der Waals surface area (Å²) < 4.78 is 29.6. The van der Waals surface area contributed by atoms with Crippen LogP contribution in [0, 0.1) is 48.2 Å². The van der Waals surface area contributed by atoms with Gasteiger partial charge in [-0.2, -0.15) is 0 Å². The highest BCUT2D eigenvalue weighted by molar-refractivity contribution is 5.45. The van der Waals surface area contributed by atoms with E-state index >= 15 is 0 Å². The molecule has 0 atom stereocenters. The molecule has 0 amide bonds. The van der Waals surface area contributed by atoms with E-state index in [0.717, 1.165) is 53.7 Å². The SMILES string of the molecule is C=CCC[C@H]1CC[C@H](CC[C@H]2CC[C@H](c3cc(F)c(C#Cc4ccc(C)cc4)c(F)c3)CC2)CC1. The van der Waals surface area contributed by atoms with Gasteiger partial charge in [-0.3, -0.25) is 0 Å². The average Bonchev–Trinajstić information content (AvgIpc) is 2.87. The molecule has 35 heavy (non-hydrogen) atoms. The maximum Gasteiger partial charge on any atom is 0.142 e. The molecule has 4 rings (SSSR count). The van der Waals surface area contributed by atoms with Gasteiger partial charge in [0, 0.05) is 5.56 Å². The highest BCUT2D eigenvalue weighted by Crippen LogP contribution is 2.40. The predicted octanol–water partition coefficient (Wildman–Crippen LogP) is 9.50. The van der Waals surface area contributed by atoms with Crippen molar-refractivity contribution in [2.24, 2.45) is 17.8 Å². The number of aryl methyl sites for hydroxylation is 1. The molecule has 0 aliphatic heterocycles. The molecule has 0 spiro atoms. The predicted molar refractivity (Wildman–Crippen MR) is 142 cm³/mol. The molecular formula is C33H40F2. The molecule has 2 aromatic rings. The fourth-order valence-electron chi connectivity index (χ4n) is 6.14. The van der Waals surface area contributed by atoms with E-state index in [1.54, 1.807) is 0 Å². The number of halogens is 2. The first-order chi connectivity index (χ1) is 17.0. The van der Waals surface area contributed by atoms with Gasteiger partial charge < -0.3 is 0 Å². The minimum atomic E-state index is -0.537. The van der Waals surface area contributed by atoms with Gasteiger partial charge >= 0.3 is 0 Å². The lowest BCUT2D eigenvalue weighted by Gasteiger charge is -2.32. The first-order valence-corrected chi connectivity index (χ1v) is 13.7. The number of allylic oxidation sites excluding steroid dienone is 1. The lowest BCUT2D eigenvalue weighted by atomic mass is 9.74. The van der Waals surface area contributed by atoms with E-state index < -0.39 is 11.6 Å². The van der Waals surface area contributed by atoms with Crippen LogP contribution in [0.2, 0.25) is 0 Å².